The summed E-state index contributed by atoms with van der Waals surface area (Å²) in [6.07, 6.45) is 3.26. The number of rotatable bonds is 6. The maximum Gasteiger partial charge on any atom is 0.312 e. The summed E-state index contributed by atoms with van der Waals surface area (Å²) in [6.45, 7) is 6.86. The molecule has 0 aromatic heterocycles. The van der Waals surface area contributed by atoms with Gasteiger partial charge in [-0.2, -0.15) is 0 Å². The highest BCUT2D eigenvalue weighted by Crippen LogP contribution is 2.27. The number of hydrogen-bond acceptors (Lipinski definition) is 4. The summed E-state index contributed by atoms with van der Waals surface area (Å²) < 4.78 is 5.65. The number of nitrogens with one attached hydrogen (secondary N) is 1. The van der Waals surface area contributed by atoms with E-state index in [4.69, 9.17) is 4.74 Å². The minimum Gasteiger partial charge on any atom is -0.494 e. The normalized spacial score (nSPS) is 18.3. The van der Waals surface area contributed by atoms with Crippen LogP contribution in [0.2, 0.25) is 0 Å². The SMILES string of the molecule is CCOc1ccc(C)cc1C(C)NC(=O)C(=O)N1CCCCC1CCO. The number of aliphatic hydroxyl groups excluding tert-OH is 1. The van der Waals surface area contributed by atoms with E-state index in [0.29, 0.717) is 19.6 Å². The van der Waals surface area contributed by atoms with Crippen LogP contribution in [0.3, 0.4) is 0 Å². The third-order valence-electron chi connectivity index (χ3n) is 4.82. The molecule has 0 spiro atoms. The molecule has 6 nitrogen and oxygen atoms in total. The highest BCUT2D eigenvalue weighted by atomic mass is 16.5. The molecule has 1 aromatic carbocycles. The second-order valence-electron chi connectivity index (χ2n) is 6.83. The van der Waals surface area contributed by atoms with Crippen LogP contribution in [0.1, 0.15) is 56.7 Å². The van der Waals surface area contributed by atoms with Gasteiger partial charge < -0.3 is 20.1 Å². The fraction of sp³-hybridized carbons (Fsp3) is 0.600. The lowest BCUT2D eigenvalue weighted by atomic mass is 9.99. The Labute approximate surface area is 155 Å². The molecule has 144 valence electrons. The Kier molecular flexibility index (Phi) is 7.45. The number of aryl methyl sites for hydroxylation is 1. The molecule has 1 aliphatic rings. The van der Waals surface area contributed by atoms with Crippen molar-refractivity contribution in [2.75, 3.05) is 19.8 Å². The van der Waals surface area contributed by atoms with Crippen LogP contribution in [0.4, 0.5) is 0 Å². The van der Waals surface area contributed by atoms with Gasteiger partial charge in [0.1, 0.15) is 5.75 Å². The Hall–Kier alpha value is -2.08. The minimum atomic E-state index is -0.605. The maximum absolute atomic E-state index is 12.6. The van der Waals surface area contributed by atoms with Crippen molar-refractivity contribution in [2.24, 2.45) is 0 Å². The number of ether oxygens (including phenoxy) is 1. The molecule has 1 aliphatic heterocycles. The molecule has 26 heavy (non-hydrogen) atoms. The lowest BCUT2D eigenvalue weighted by Crippen LogP contribution is -2.50. The summed E-state index contributed by atoms with van der Waals surface area (Å²) in [5, 5.41) is 12.0. The average molecular weight is 362 g/mol. The Bertz CT molecular complexity index is 630. The van der Waals surface area contributed by atoms with Gasteiger partial charge in [-0.1, -0.05) is 17.7 Å². The van der Waals surface area contributed by atoms with Gasteiger partial charge in [-0.05, 0) is 52.5 Å². The smallest absolute Gasteiger partial charge is 0.312 e. The second kappa shape index (κ2) is 9.57. The standard InChI is InChI=1S/C20H30N2O4/c1-4-26-18-9-8-14(2)13-17(18)15(3)21-19(24)20(25)22-11-6-5-7-16(22)10-12-23/h8-9,13,15-16,23H,4-7,10-12H2,1-3H3,(H,21,24). The second-order valence-corrected chi connectivity index (χ2v) is 6.83. The van der Waals surface area contributed by atoms with Crippen LogP contribution in [-0.4, -0.2) is 47.6 Å². The van der Waals surface area contributed by atoms with Gasteiger partial charge >= 0.3 is 11.8 Å². The van der Waals surface area contributed by atoms with Gasteiger partial charge in [-0.25, -0.2) is 0 Å². The van der Waals surface area contributed by atoms with Crippen molar-refractivity contribution in [1.82, 2.24) is 10.2 Å². The third kappa shape index (κ3) is 4.97. The van der Waals surface area contributed by atoms with Crippen molar-refractivity contribution in [3.8, 4) is 5.75 Å². The molecule has 2 unspecified atom stereocenters. The Morgan fingerprint density at radius 2 is 2.15 bits per heavy atom. The Balaban J connectivity index is 2.08. The largest absolute Gasteiger partial charge is 0.494 e. The highest BCUT2D eigenvalue weighted by Gasteiger charge is 2.31. The predicted molar refractivity (Wildman–Crippen MR) is 100.0 cm³/mol. The van der Waals surface area contributed by atoms with Crippen molar-refractivity contribution in [1.29, 1.82) is 0 Å². The van der Waals surface area contributed by atoms with Gasteiger partial charge in [0, 0.05) is 24.8 Å². The van der Waals surface area contributed by atoms with Crippen LogP contribution in [-0.2, 0) is 9.59 Å². The number of aliphatic hydroxyl groups is 1. The number of carbonyl (C=O) groups excluding carboxylic acids is 2. The van der Waals surface area contributed by atoms with Gasteiger partial charge in [-0.15, -0.1) is 0 Å². The van der Waals surface area contributed by atoms with Gasteiger partial charge in [0.25, 0.3) is 0 Å². The number of likely N-dealkylation sites (tertiary alicyclic amines) is 1. The number of benzene rings is 1. The Morgan fingerprint density at radius 1 is 1.38 bits per heavy atom. The Morgan fingerprint density at radius 3 is 2.85 bits per heavy atom. The minimum absolute atomic E-state index is 0.0213. The van der Waals surface area contributed by atoms with E-state index in [1.807, 2.05) is 39.0 Å². The molecular formula is C20H30N2O4. The first kappa shape index (κ1) is 20.2. The number of piperidine rings is 1. The lowest BCUT2D eigenvalue weighted by molar-refractivity contribution is -0.148. The molecule has 0 saturated carbocycles. The first-order valence-electron chi connectivity index (χ1n) is 9.43. The van der Waals surface area contributed by atoms with Crippen LogP contribution in [0.15, 0.2) is 18.2 Å². The molecule has 1 heterocycles. The summed E-state index contributed by atoms with van der Waals surface area (Å²) in [5.41, 5.74) is 1.92. The van der Waals surface area contributed by atoms with E-state index in [2.05, 4.69) is 5.32 Å². The quantitative estimate of drug-likeness (QED) is 0.762. The van der Waals surface area contributed by atoms with Gasteiger partial charge in [0.2, 0.25) is 0 Å². The third-order valence-corrected chi connectivity index (χ3v) is 4.82. The maximum atomic E-state index is 12.6. The van der Waals surface area contributed by atoms with Crippen LogP contribution in [0, 0.1) is 6.92 Å². The van der Waals surface area contributed by atoms with E-state index in [9.17, 15) is 14.7 Å². The van der Waals surface area contributed by atoms with Gasteiger partial charge in [0.05, 0.1) is 12.6 Å². The number of amides is 2. The zero-order valence-electron chi connectivity index (χ0n) is 16.0. The number of hydrogen-bond donors (Lipinski definition) is 2. The fourth-order valence-corrected chi connectivity index (χ4v) is 3.48. The summed E-state index contributed by atoms with van der Waals surface area (Å²) >= 11 is 0. The molecule has 1 fully saturated rings. The zero-order valence-corrected chi connectivity index (χ0v) is 16.0. The van der Waals surface area contributed by atoms with Crippen LogP contribution >= 0.6 is 0 Å². The van der Waals surface area contributed by atoms with Gasteiger partial charge in [0.15, 0.2) is 0 Å². The summed E-state index contributed by atoms with van der Waals surface area (Å²) in [4.78, 5) is 26.8. The van der Waals surface area contributed by atoms with Crippen molar-refractivity contribution in [2.45, 2.75) is 58.5 Å². The lowest BCUT2D eigenvalue weighted by Gasteiger charge is -2.35. The molecule has 0 radical (unpaired) electrons. The van der Waals surface area contributed by atoms with E-state index >= 15 is 0 Å². The zero-order chi connectivity index (χ0) is 19.1. The molecule has 0 aliphatic carbocycles. The first-order chi connectivity index (χ1) is 12.5. The molecule has 6 heteroatoms. The van der Waals surface area contributed by atoms with Crippen LogP contribution < -0.4 is 10.1 Å². The van der Waals surface area contributed by atoms with Crippen molar-refractivity contribution in [3.63, 3.8) is 0 Å². The van der Waals surface area contributed by atoms with Crippen molar-refractivity contribution in [3.05, 3.63) is 29.3 Å². The molecule has 2 N–H and O–H groups in total. The van der Waals surface area contributed by atoms with Crippen molar-refractivity contribution >= 4 is 11.8 Å². The monoisotopic (exact) mass is 362 g/mol. The molecule has 1 aromatic rings. The van der Waals surface area contributed by atoms with Gasteiger partial charge in [-0.3, -0.25) is 9.59 Å². The van der Waals surface area contributed by atoms with Crippen LogP contribution in [0.25, 0.3) is 0 Å². The highest BCUT2D eigenvalue weighted by molar-refractivity contribution is 6.35. The predicted octanol–water partition coefficient (Wildman–Crippen LogP) is 2.33. The fourth-order valence-electron chi connectivity index (χ4n) is 3.48. The molecule has 1 saturated heterocycles. The summed E-state index contributed by atoms with van der Waals surface area (Å²) in [6, 6.07) is 5.42. The first-order valence-corrected chi connectivity index (χ1v) is 9.43. The van der Waals surface area contributed by atoms with E-state index in [1.54, 1.807) is 4.90 Å². The molecule has 2 atom stereocenters. The summed E-state index contributed by atoms with van der Waals surface area (Å²) in [5.74, 6) is -0.401. The molecular weight excluding hydrogens is 332 g/mol. The molecule has 2 rings (SSSR count). The van der Waals surface area contributed by atoms with Crippen molar-refractivity contribution < 1.29 is 19.4 Å². The molecule has 0 bridgehead atoms. The summed E-state index contributed by atoms with van der Waals surface area (Å²) in [7, 11) is 0. The van der Waals surface area contributed by atoms with E-state index < -0.39 is 11.8 Å². The van der Waals surface area contributed by atoms with Crippen LogP contribution in [0.5, 0.6) is 5.75 Å². The van der Waals surface area contributed by atoms with E-state index in [0.717, 1.165) is 36.1 Å². The topological polar surface area (TPSA) is 78.9 Å². The number of carbonyl (C=O) groups is 2. The van der Waals surface area contributed by atoms with E-state index in [1.165, 1.54) is 0 Å². The molecule has 2 amide bonds. The average Bonchev–Trinajstić information content (AvgIpc) is 2.63. The van der Waals surface area contributed by atoms with E-state index in [-0.39, 0.29) is 18.7 Å². The number of nitrogens with zero attached hydrogens (tertiary/aromatic N) is 1.